The van der Waals surface area contributed by atoms with E-state index in [1.165, 1.54) is 13.2 Å². The molecule has 8 nitrogen and oxygen atoms in total. The van der Waals surface area contributed by atoms with E-state index in [9.17, 15) is 19.2 Å². The molecule has 1 heterocycles. The number of amides is 3. The van der Waals surface area contributed by atoms with Crippen LogP contribution in [0.2, 0.25) is 0 Å². The second-order valence-electron chi connectivity index (χ2n) is 5.95. The molecule has 1 aromatic carbocycles. The van der Waals surface area contributed by atoms with Gasteiger partial charge in [-0.15, -0.1) is 0 Å². The fraction of sp³-hybridized carbons (Fsp3) is 0.300. The Bertz CT molecular complexity index is 756. The molecule has 0 radical (unpaired) electrons. The summed E-state index contributed by atoms with van der Waals surface area (Å²) < 4.78 is 4.84. The number of nitrogens with one attached hydrogen (secondary N) is 2. The highest BCUT2D eigenvalue weighted by Crippen LogP contribution is 2.03. The van der Waals surface area contributed by atoms with Gasteiger partial charge in [-0.3, -0.25) is 19.2 Å². The maximum Gasteiger partial charge on any atom is 0.286 e. The Hall–Kier alpha value is -3.42. The molecule has 1 aromatic heterocycles. The maximum atomic E-state index is 11.8. The Morgan fingerprint density at radius 3 is 2.18 bits per heavy atom. The van der Waals surface area contributed by atoms with Crippen molar-refractivity contribution in [2.75, 3.05) is 6.54 Å². The fourth-order valence-corrected chi connectivity index (χ4v) is 2.28. The van der Waals surface area contributed by atoms with Crippen LogP contribution in [0.5, 0.6) is 0 Å². The normalized spacial score (nSPS) is 10.8. The van der Waals surface area contributed by atoms with Crippen molar-refractivity contribution in [1.82, 2.24) is 10.6 Å². The third-order valence-corrected chi connectivity index (χ3v) is 3.43. The lowest BCUT2D eigenvalue weighted by atomic mass is 10.1. The zero-order chi connectivity index (χ0) is 20.9. The van der Waals surface area contributed by atoms with Gasteiger partial charge in [0.15, 0.2) is 5.76 Å². The van der Waals surface area contributed by atoms with Crippen molar-refractivity contribution in [3.63, 3.8) is 0 Å². The Morgan fingerprint density at radius 2 is 1.68 bits per heavy atom. The molecule has 28 heavy (non-hydrogen) atoms. The van der Waals surface area contributed by atoms with Gasteiger partial charge in [-0.1, -0.05) is 18.2 Å². The Morgan fingerprint density at radius 1 is 1.00 bits per heavy atom. The van der Waals surface area contributed by atoms with Gasteiger partial charge in [-0.25, -0.2) is 0 Å². The molecule has 150 valence electrons. The summed E-state index contributed by atoms with van der Waals surface area (Å²) in [5, 5.41) is 5.25. The second kappa shape index (κ2) is 12.1. The topological polar surface area (TPSA) is 132 Å². The molecule has 8 heteroatoms. The van der Waals surface area contributed by atoms with Crippen LogP contribution < -0.4 is 16.4 Å². The van der Waals surface area contributed by atoms with E-state index in [0.29, 0.717) is 17.9 Å². The number of primary amides is 1. The number of carbonyl (C=O) groups is 4. The molecule has 4 N–H and O–H groups in total. The average Bonchev–Trinajstić information content (AvgIpc) is 3.17. The van der Waals surface area contributed by atoms with E-state index < -0.39 is 11.9 Å². The first-order valence-corrected chi connectivity index (χ1v) is 8.78. The minimum atomic E-state index is -0.548. The molecule has 1 atom stereocenters. The zero-order valence-electron chi connectivity index (χ0n) is 15.9. The summed E-state index contributed by atoms with van der Waals surface area (Å²) in [5.41, 5.74) is 5.56. The fourth-order valence-electron chi connectivity index (χ4n) is 2.28. The van der Waals surface area contributed by atoms with E-state index in [4.69, 9.17) is 10.2 Å². The van der Waals surface area contributed by atoms with Gasteiger partial charge in [0, 0.05) is 31.0 Å². The molecule has 0 aliphatic rings. The molecular formula is C20H25N3O5. The number of nitrogens with two attached hydrogens (primary N) is 1. The summed E-state index contributed by atoms with van der Waals surface area (Å²) in [6, 6.07) is 11.4. The van der Waals surface area contributed by atoms with Crippen LogP contribution in [0.15, 0.2) is 53.1 Å². The number of benzene rings is 1. The lowest BCUT2D eigenvalue weighted by Gasteiger charge is -2.15. The van der Waals surface area contributed by atoms with Crippen molar-refractivity contribution in [2.24, 2.45) is 5.73 Å². The van der Waals surface area contributed by atoms with E-state index in [-0.39, 0.29) is 30.4 Å². The van der Waals surface area contributed by atoms with E-state index in [1.54, 1.807) is 42.5 Å². The van der Waals surface area contributed by atoms with Crippen molar-refractivity contribution in [1.29, 1.82) is 0 Å². The number of hydrogen-bond donors (Lipinski definition) is 3. The first kappa shape index (κ1) is 22.6. The smallest absolute Gasteiger partial charge is 0.286 e. The lowest BCUT2D eigenvalue weighted by Crippen LogP contribution is -2.39. The summed E-state index contributed by atoms with van der Waals surface area (Å²) in [7, 11) is 0. The van der Waals surface area contributed by atoms with Crippen LogP contribution in [0.4, 0.5) is 0 Å². The first-order valence-electron chi connectivity index (χ1n) is 8.78. The Kier molecular flexibility index (Phi) is 9.74. The van der Waals surface area contributed by atoms with Crippen molar-refractivity contribution < 1.29 is 23.6 Å². The minimum Gasteiger partial charge on any atom is -0.459 e. The maximum absolute atomic E-state index is 11.8. The summed E-state index contributed by atoms with van der Waals surface area (Å²) >= 11 is 0. The predicted octanol–water partition coefficient (Wildman–Crippen LogP) is 1.67. The summed E-state index contributed by atoms with van der Waals surface area (Å²) in [6.07, 6.45) is 1.53. The van der Waals surface area contributed by atoms with E-state index in [0.717, 1.165) is 0 Å². The molecule has 0 aliphatic heterocycles. The number of Topliss-reactive ketones (excluding diaryl/α,β-unsaturated/α-hetero) is 1. The molecule has 0 spiro atoms. The van der Waals surface area contributed by atoms with Crippen LogP contribution in [0.3, 0.4) is 0 Å². The molecule has 0 unspecified atom stereocenters. The molecular weight excluding hydrogens is 362 g/mol. The van der Waals surface area contributed by atoms with Gasteiger partial charge >= 0.3 is 0 Å². The monoisotopic (exact) mass is 387 g/mol. The van der Waals surface area contributed by atoms with Crippen molar-refractivity contribution >= 4 is 23.5 Å². The standard InChI is InChI=1S/C13H16N2O3.C7H9NO2/c1-9(16)7-11(8-12(14)17)15-13(18)10-5-3-2-4-6-10;1-2-8-7(9)6-4-3-5-10-6/h2-6,11H,7-8H2,1H3,(H2,14,17)(H,15,18);3-5H,2H2,1H3,(H,8,9)/t11-;/m1./s1. The van der Waals surface area contributed by atoms with Crippen molar-refractivity contribution in [3.05, 3.63) is 60.1 Å². The number of ketones is 1. The quantitative estimate of drug-likeness (QED) is 0.634. The van der Waals surface area contributed by atoms with Gasteiger partial charge in [-0.2, -0.15) is 0 Å². The van der Waals surface area contributed by atoms with Crippen LogP contribution in [0.1, 0.15) is 47.6 Å². The van der Waals surface area contributed by atoms with Gasteiger partial charge in [0.2, 0.25) is 5.91 Å². The Labute approximate surface area is 163 Å². The lowest BCUT2D eigenvalue weighted by molar-refractivity contribution is -0.119. The minimum absolute atomic E-state index is 0.0435. The Balaban J connectivity index is 0.000000330. The molecule has 3 amide bonds. The molecule has 2 aromatic rings. The number of hydrogen-bond acceptors (Lipinski definition) is 5. The van der Waals surface area contributed by atoms with Crippen LogP contribution >= 0.6 is 0 Å². The molecule has 2 rings (SSSR count). The predicted molar refractivity (Wildman–Crippen MR) is 104 cm³/mol. The largest absolute Gasteiger partial charge is 0.459 e. The molecule has 0 saturated heterocycles. The third-order valence-electron chi connectivity index (χ3n) is 3.43. The van der Waals surface area contributed by atoms with E-state index >= 15 is 0 Å². The van der Waals surface area contributed by atoms with Gasteiger partial charge in [-0.05, 0) is 38.1 Å². The number of carbonyl (C=O) groups excluding carboxylic acids is 4. The van der Waals surface area contributed by atoms with Crippen LogP contribution in [0.25, 0.3) is 0 Å². The van der Waals surface area contributed by atoms with E-state index in [2.05, 4.69) is 10.6 Å². The van der Waals surface area contributed by atoms with Crippen LogP contribution in [-0.4, -0.2) is 36.1 Å². The molecule has 0 fully saturated rings. The number of rotatable bonds is 8. The third kappa shape index (κ3) is 8.79. The highest BCUT2D eigenvalue weighted by atomic mass is 16.3. The first-order chi connectivity index (χ1) is 13.3. The SMILES string of the molecule is CC(=O)C[C@H](CC(N)=O)NC(=O)c1ccccc1.CCNC(=O)c1ccco1. The van der Waals surface area contributed by atoms with E-state index in [1.807, 2.05) is 6.92 Å². The highest BCUT2D eigenvalue weighted by molar-refractivity contribution is 5.95. The van der Waals surface area contributed by atoms with Gasteiger partial charge in [0.1, 0.15) is 5.78 Å². The summed E-state index contributed by atoms with van der Waals surface area (Å²) in [6.45, 7) is 3.89. The highest BCUT2D eigenvalue weighted by Gasteiger charge is 2.17. The molecule has 0 saturated carbocycles. The average molecular weight is 387 g/mol. The zero-order valence-corrected chi connectivity index (χ0v) is 15.9. The van der Waals surface area contributed by atoms with Gasteiger partial charge in [0.05, 0.1) is 6.26 Å². The molecule has 0 bridgehead atoms. The number of furan rings is 1. The molecule has 0 aliphatic carbocycles. The summed E-state index contributed by atoms with van der Waals surface area (Å²) in [5.74, 6) is -0.762. The summed E-state index contributed by atoms with van der Waals surface area (Å²) in [4.78, 5) is 44.7. The van der Waals surface area contributed by atoms with Crippen molar-refractivity contribution in [3.8, 4) is 0 Å². The van der Waals surface area contributed by atoms with Crippen molar-refractivity contribution in [2.45, 2.75) is 32.7 Å². The van der Waals surface area contributed by atoms with Gasteiger partial charge in [0.25, 0.3) is 11.8 Å². The van der Waals surface area contributed by atoms with Crippen LogP contribution in [0, 0.1) is 0 Å². The second-order valence-corrected chi connectivity index (χ2v) is 5.95. The van der Waals surface area contributed by atoms with Gasteiger partial charge < -0.3 is 20.8 Å². The van der Waals surface area contributed by atoms with Crippen LogP contribution in [-0.2, 0) is 9.59 Å².